The lowest BCUT2D eigenvalue weighted by atomic mass is 10.4. The molecule has 0 saturated carbocycles. The zero-order chi connectivity index (χ0) is 16.2. The minimum absolute atomic E-state index is 0.0995. The van der Waals surface area contributed by atoms with Crippen LogP contribution in [0.5, 0.6) is 0 Å². The molecule has 1 atom stereocenters. The van der Waals surface area contributed by atoms with Crippen LogP contribution in [0.2, 0.25) is 0 Å². The fourth-order valence-corrected chi connectivity index (χ4v) is 4.44. The third kappa shape index (κ3) is 4.72. The smallest absolute Gasteiger partial charge is 0.305 e. The molecule has 1 aromatic heterocycles. The average molecular weight is 335 g/mol. The Morgan fingerprint density at radius 3 is 2.62 bits per heavy atom. The van der Waals surface area contributed by atoms with Crippen LogP contribution in [0.15, 0.2) is 4.90 Å². The molecular weight excluding hydrogens is 314 g/mol. The minimum Gasteiger partial charge on any atom is -0.481 e. The number of aliphatic carboxylic acids is 1. The van der Waals surface area contributed by atoms with Gasteiger partial charge in [-0.2, -0.15) is 16.9 Å². The second-order valence-corrected chi connectivity index (χ2v) is 7.41. The van der Waals surface area contributed by atoms with Gasteiger partial charge in [0.25, 0.3) is 0 Å². The average Bonchev–Trinajstić information content (AvgIpc) is 2.61. The Kier molecular flexibility index (Phi) is 6.24. The second kappa shape index (κ2) is 7.28. The van der Waals surface area contributed by atoms with Gasteiger partial charge in [-0.15, -0.1) is 0 Å². The summed E-state index contributed by atoms with van der Waals surface area (Å²) in [5, 5.41) is 12.8. The van der Waals surface area contributed by atoms with E-state index < -0.39 is 16.0 Å². The molecule has 0 fully saturated rings. The number of rotatable bonds is 8. The van der Waals surface area contributed by atoms with Crippen LogP contribution in [0.3, 0.4) is 0 Å². The molecule has 7 nitrogen and oxygen atoms in total. The summed E-state index contributed by atoms with van der Waals surface area (Å²) in [7, 11) is -3.65. The number of hydrogen-bond donors (Lipinski definition) is 2. The van der Waals surface area contributed by atoms with Crippen molar-refractivity contribution in [1.82, 2.24) is 14.5 Å². The van der Waals surface area contributed by atoms with Crippen LogP contribution in [0.25, 0.3) is 0 Å². The standard InChI is InChI=1S/C12H21N3O4S2/c1-8(7-20-4)14-21(18,19)12-9(2)13-15(10(12)3)6-5-11(16)17/h8,14H,5-7H2,1-4H3,(H,16,17). The fourth-order valence-electron chi connectivity index (χ4n) is 2.10. The molecule has 21 heavy (non-hydrogen) atoms. The Balaban J connectivity index is 3.04. The van der Waals surface area contributed by atoms with E-state index in [2.05, 4.69) is 9.82 Å². The molecule has 0 spiro atoms. The van der Waals surface area contributed by atoms with Crippen molar-refractivity contribution in [3.8, 4) is 0 Å². The molecule has 1 aromatic rings. The molecular formula is C12H21N3O4S2. The summed E-state index contributed by atoms with van der Waals surface area (Å²) in [6, 6.07) is -0.189. The number of thioether (sulfide) groups is 1. The summed E-state index contributed by atoms with van der Waals surface area (Å²) in [6.07, 6.45) is 1.81. The summed E-state index contributed by atoms with van der Waals surface area (Å²) in [6.45, 7) is 5.19. The van der Waals surface area contributed by atoms with Gasteiger partial charge in [0.15, 0.2) is 0 Å². The van der Waals surface area contributed by atoms with Gasteiger partial charge < -0.3 is 5.11 Å². The van der Waals surface area contributed by atoms with E-state index in [9.17, 15) is 13.2 Å². The van der Waals surface area contributed by atoms with Gasteiger partial charge in [0.1, 0.15) is 4.90 Å². The molecule has 0 radical (unpaired) electrons. The van der Waals surface area contributed by atoms with Crippen molar-refractivity contribution in [1.29, 1.82) is 0 Å². The van der Waals surface area contributed by atoms with E-state index in [0.29, 0.717) is 17.1 Å². The maximum Gasteiger partial charge on any atom is 0.305 e. The van der Waals surface area contributed by atoms with Crippen molar-refractivity contribution < 1.29 is 18.3 Å². The number of carbonyl (C=O) groups is 1. The van der Waals surface area contributed by atoms with Crippen LogP contribution in [-0.2, 0) is 21.4 Å². The molecule has 9 heteroatoms. The number of carboxylic acid groups (broad SMARTS) is 1. The van der Waals surface area contributed by atoms with Crippen molar-refractivity contribution in [2.24, 2.45) is 0 Å². The first-order valence-electron chi connectivity index (χ1n) is 6.46. The SMILES string of the molecule is CSCC(C)NS(=O)(=O)c1c(C)nn(CCC(=O)O)c1C. The van der Waals surface area contributed by atoms with Gasteiger partial charge in [0, 0.05) is 11.8 Å². The van der Waals surface area contributed by atoms with Crippen LogP contribution in [0, 0.1) is 13.8 Å². The maximum atomic E-state index is 12.4. The highest BCUT2D eigenvalue weighted by Gasteiger charge is 2.26. The lowest BCUT2D eigenvalue weighted by Crippen LogP contribution is -2.34. The predicted octanol–water partition coefficient (Wildman–Crippen LogP) is 1.00. The summed E-state index contributed by atoms with van der Waals surface area (Å²) in [5.41, 5.74) is 0.833. The van der Waals surface area contributed by atoms with Gasteiger partial charge >= 0.3 is 5.97 Å². The molecule has 0 aromatic carbocycles. The van der Waals surface area contributed by atoms with Gasteiger partial charge in [0.2, 0.25) is 10.0 Å². The highest BCUT2D eigenvalue weighted by Crippen LogP contribution is 2.20. The van der Waals surface area contributed by atoms with E-state index in [4.69, 9.17) is 5.11 Å². The van der Waals surface area contributed by atoms with Gasteiger partial charge in [0.05, 0.1) is 24.4 Å². The molecule has 120 valence electrons. The van der Waals surface area contributed by atoms with Gasteiger partial charge in [-0.05, 0) is 27.0 Å². The van der Waals surface area contributed by atoms with Crippen molar-refractivity contribution in [3.05, 3.63) is 11.4 Å². The fraction of sp³-hybridized carbons (Fsp3) is 0.667. The van der Waals surface area contributed by atoms with Crippen molar-refractivity contribution in [2.45, 2.75) is 44.7 Å². The van der Waals surface area contributed by atoms with Crippen LogP contribution in [0.1, 0.15) is 24.7 Å². The van der Waals surface area contributed by atoms with E-state index in [0.717, 1.165) is 0 Å². The second-order valence-electron chi connectivity index (χ2n) is 4.84. The van der Waals surface area contributed by atoms with Crippen molar-refractivity contribution >= 4 is 27.8 Å². The molecule has 0 saturated heterocycles. The predicted molar refractivity (Wildman–Crippen MR) is 82.1 cm³/mol. The van der Waals surface area contributed by atoms with Gasteiger partial charge in [-0.1, -0.05) is 0 Å². The molecule has 0 aliphatic carbocycles. The number of carboxylic acids is 1. The quantitative estimate of drug-likeness (QED) is 0.735. The Morgan fingerprint density at radius 1 is 1.48 bits per heavy atom. The van der Waals surface area contributed by atoms with Crippen LogP contribution >= 0.6 is 11.8 Å². The Bertz CT molecular complexity index is 610. The van der Waals surface area contributed by atoms with E-state index in [-0.39, 0.29) is 23.9 Å². The van der Waals surface area contributed by atoms with E-state index in [1.807, 2.05) is 6.26 Å². The third-order valence-corrected chi connectivity index (χ3v) is 5.57. The zero-order valence-electron chi connectivity index (χ0n) is 12.6. The van der Waals surface area contributed by atoms with E-state index >= 15 is 0 Å². The summed E-state index contributed by atoms with van der Waals surface area (Å²) in [4.78, 5) is 10.8. The molecule has 1 unspecified atom stereocenters. The number of sulfonamides is 1. The van der Waals surface area contributed by atoms with Crippen LogP contribution in [-0.4, -0.2) is 47.3 Å². The lowest BCUT2D eigenvalue weighted by Gasteiger charge is -2.13. The highest BCUT2D eigenvalue weighted by atomic mass is 32.2. The van der Waals surface area contributed by atoms with Crippen molar-refractivity contribution in [2.75, 3.05) is 12.0 Å². The molecule has 0 amide bonds. The summed E-state index contributed by atoms with van der Waals surface area (Å²) in [5.74, 6) is -0.275. The van der Waals surface area contributed by atoms with Gasteiger partial charge in [-0.25, -0.2) is 13.1 Å². The van der Waals surface area contributed by atoms with Crippen molar-refractivity contribution in [3.63, 3.8) is 0 Å². The lowest BCUT2D eigenvalue weighted by molar-refractivity contribution is -0.137. The molecule has 0 aliphatic rings. The van der Waals surface area contributed by atoms with Gasteiger partial charge in [-0.3, -0.25) is 9.48 Å². The normalized spacial score (nSPS) is 13.3. The first kappa shape index (κ1) is 18.0. The van der Waals surface area contributed by atoms with Crippen LogP contribution < -0.4 is 4.72 Å². The molecule has 1 rings (SSSR count). The largest absolute Gasteiger partial charge is 0.481 e. The number of nitrogens with one attached hydrogen (secondary N) is 1. The topological polar surface area (TPSA) is 101 Å². The Labute approximate surface area is 129 Å². The van der Waals surface area contributed by atoms with Crippen LogP contribution in [0.4, 0.5) is 0 Å². The number of hydrogen-bond acceptors (Lipinski definition) is 5. The van der Waals surface area contributed by atoms with E-state index in [1.54, 1.807) is 32.5 Å². The highest BCUT2D eigenvalue weighted by molar-refractivity contribution is 7.98. The monoisotopic (exact) mass is 335 g/mol. The Morgan fingerprint density at radius 2 is 2.10 bits per heavy atom. The molecule has 1 heterocycles. The maximum absolute atomic E-state index is 12.4. The first-order valence-corrected chi connectivity index (χ1v) is 9.33. The molecule has 0 aliphatic heterocycles. The third-order valence-electron chi connectivity index (χ3n) is 2.89. The number of nitrogens with zero attached hydrogens (tertiary/aromatic N) is 2. The molecule has 0 bridgehead atoms. The molecule has 2 N–H and O–H groups in total. The summed E-state index contributed by atoms with van der Waals surface area (Å²) >= 11 is 1.56. The first-order chi connectivity index (χ1) is 9.69. The van der Waals surface area contributed by atoms with E-state index in [1.165, 1.54) is 4.68 Å². The number of aromatic nitrogens is 2. The zero-order valence-corrected chi connectivity index (χ0v) is 14.2. The summed E-state index contributed by atoms with van der Waals surface area (Å²) < 4.78 is 28.9. The number of aryl methyl sites for hydroxylation is 2. The minimum atomic E-state index is -3.65. The Hall–Kier alpha value is -1.06.